The molecule has 2 heterocycles. The second-order valence-corrected chi connectivity index (χ2v) is 9.93. The molecule has 31 heavy (non-hydrogen) atoms. The van der Waals surface area contributed by atoms with Crippen molar-refractivity contribution >= 4 is 16.0 Å². The summed E-state index contributed by atoms with van der Waals surface area (Å²) < 4.78 is 32.4. The van der Waals surface area contributed by atoms with Crippen molar-refractivity contribution in [1.29, 1.82) is 0 Å². The molecule has 0 spiro atoms. The number of hydrogen-bond acceptors (Lipinski definition) is 5. The minimum atomic E-state index is -3.43. The standard InChI is InChI=1S/C22H32N4O4S/c1-3-23-21(25-17-22(2,27)20-10-7-15-30-20)24-16-18-11-13-26(14-12-18)31(28,29)19-8-5-4-6-9-19/h4-10,15,18,27H,3,11-14,16-17H2,1-2H3,(H2,23,24,25). The smallest absolute Gasteiger partial charge is 0.243 e. The molecule has 0 amide bonds. The van der Waals surface area contributed by atoms with Crippen LogP contribution >= 0.6 is 0 Å². The van der Waals surface area contributed by atoms with Gasteiger partial charge in [-0.3, -0.25) is 0 Å². The van der Waals surface area contributed by atoms with Crippen LogP contribution in [0.15, 0.2) is 63.0 Å². The van der Waals surface area contributed by atoms with Gasteiger partial charge in [0, 0.05) is 26.2 Å². The van der Waals surface area contributed by atoms with Gasteiger partial charge < -0.3 is 20.2 Å². The lowest BCUT2D eigenvalue weighted by Crippen LogP contribution is -2.44. The van der Waals surface area contributed by atoms with E-state index in [9.17, 15) is 13.5 Å². The number of aliphatic hydroxyl groups is 1. The first-order valence-corrected chi connectivity index (χ1v) is 12.1. The summed E-state index contributed by atoms with van der Waals surface area (Å²) in [4.78, 5) is 4.84. The number of piperidine rings is 1. The van der Waals surface area contributed by atoms with Gasteiger partial charge in [-0.05, 0) is 56.9 Å². The summed E-state index contributed by atoms with van der Waals surface area (Å²) >= 11 is 0. The van der Waals surface area contributed by atoms with E-state index >= 15 is 0 Å². The Labute approximate surface area is 184 Å². The minimum Gasteiger partial charge on any atom is -0.466 e. The quantitative estimate of drug-likeness (QED) is 0.422. The third-order valence-corrected chi connectivity index (χ3v) is 7.37. The van der Waals surface area contributed by atoms with Gasteiger partial charge in [0.2, 0.25) is 10.0 Å². The topological polar surface area (TPSA) is 107 Å². The predicted molar refractivity (Wildman–Crippen MR) is 120 cm³/mol. The molecule has 1 saturated heterocycles. The number of rotatable bonds is 8. The van der Waals surface area contributed by atoms with E-state index in [0.717, 1.165) is 12.8 Å². The molecule has 2 aromatic rings. The summed E-state index contributed by atoms with van der Waals surface area (Å²) in [6.07, 6.45) is 3.09. The molecule has 9 heteroatoms. The van der Waals surface area contributed by atoms with Crippen LogP contribution in [0, 0.1) is 5.92 Å². The van der Waals surface area contributed by atoms with Crippen LogP contribution in [0.25, 0.3) is 0 Å². The van der Waals surface area contributed by atoms with Crippen molar-refractivity contribution in [1.82, 2.24) is 14.9 Å². The average Bonchev–Trinajstić information content (AvgIpc) is 3.33. The molecular weight excluding hydrogens is 416 g/mol. The summed E-state index contributed by atoms with van der Waals surface area (Å²) in [5.74, 6) is 1.43. The fraction of sp³-hybridized carbons (Fsp3) is 0.500. The van der Waals surface area contributed by atoms with Crippen molar-refractivity contribution in [2.45, 2.75) is 37.2 Å². The summed E-state index contributed by atoms with van der Waals surface area (Å²) in [6, 6.07) is 12.0. The number of benzene rings is 1. The van der Waals surface area contributed by atoms with Crippen molar-refractivity contribution in [3.8, 4) is 0 Å². The number of hydrogen-bond donors (Lipinski definition) is 3. The van der Waals surface area contributed by atoms with Crippen LogP contribution < -0.4 is 10.6 Å². The van der Waals surface area contributed by atoms with Gasteiger partial charge in [-0.1, -0.05) is 18.2 Å². The second kappa shape index (κ2) is 10.3. The van der Waals surface area contributed by atoms with Crippen molar-refractivity contribution in [3.05, 3.63) is 54.5 Å². The van der Waals surface area contributed by atoms with Crippen molar-refractivity contribution in [2.24, 2.45) is 10.9 Å². The van der Waals surface area contributed by atoms with E-state index in [1.807, 2.05) is 13.0 Å². The highest BCUT2D eigenvalue weighted by Crippen LogP contribution is 2.24. The van der Waals surface area contributed by atoms with Gasteiger partial charge in [-0.2, -0.15) is 4.31 Å². The molecule has 1 aliphatic rings. The lowest BCUT2D eigenvalue weighted by Gasteiger charge is -2.31. The van der Waals surface area contributed by atoms with Crippen LogP contribution in [-0.2, 0) is 15.6 Å². The summed E-state index contributed by atoms with van der Waals surface area (Å²) in [5, 5.41) is 17.1. The summed E-state index contributed by atoms with van der Waals surface area (Å²) in [7, 11) is -3.43. The maximum Gasteiger partial charge on any atom is 0.243 e. The Morgan fingerprint density at radius 1 is 1.19 bits per heavy atom. The third kappa shape index (κ3) is 6.09. The SMILES string of the molecule is CCNC(=NCC(C)(O)c1ccco1)NCC1CCN(S(=O)(=O)c2ccccc2)CC1. The molecule has 8 nitrogen and oxygen atoms in total. The van der Waals surface area contributed by atoms with Gasteiger partial charge in [0.1, 0.15) is 11.4 Å². The fourth-order valence-corrected chi connectivity index (χ4v) is 5.06. The Kier molecular flexibility index (Phi) is 7.74. The fourth-order valence-electron chi connectivity index (χ4n) is 3.57. The first-order chi connectivity index (χ1) is 14.8. The number of sulfonamides is 1. The molecular formula is C22H32N4O4S. The maximum atomic E-state index is 12.8. The molecule has 1 aromatic carbocycles. The van der Waals surface area contributed by atoms with Crippen molar-refractivity contribution in [2.75, 3.05) is 32.7 Å². The van der Waals surface area contributed by atoms with Gasteiger partial charge in [-0.25, -0.2) is 13.4 Å². The van der Waals surface area contributed by atoms with Gasteiger partial charge in [0.15, 0.2) is 5.96 Å². The normalized spacial score (nSPS) is 18.5. The van der Waals surface area contributed by atoms with Crippen LogP contribution in [0.4, 0.5) is 0 Å². The first-order valence-electron chi connectivity index (χ1n) is 10.7. The van der Waals surface area contributed by atoms with E-state index in [-0.39, 0.29) is 6.54 Å². The molecule has 1 aromatic heterocycles. The van der Waals surface area contributed by atoms with E-state index in [0.29, 0.717) is 48.7 Å². The lowest BCUT2D eigenvalue weighted by molar-refractivity contribution is 0.0437. The van der Waals surface area contributed by atoms with Crippen molar-refractivity contribution < 1.29 is 17.9 Å². The van der Waals surface area contributed by atoms with Crippen LogP contribution in [0.3, 0.4) is 0 Å². The Morgan fingerprint density at radius 2 is 1.90 bits per heavy atom. The minimum absolute atomic E-state index is 0.156. The Bertz CT molecular complexity index is 935. The molecule has 3 rings (SSSR count). The zero-order valence-corrected chi connectivity index (χ0v) is 18.9. The number of nitrogens with one attached hydrogen (secondary N) is 2. The van der Waals surface area contributed by atoms with Gasteiger partial charge in [0.25, 0.3) is 0 Å². The highest BCUT2D eigenvalue weighted by Gasteiger charge is 2.29. The average molecular weight is 449 g/mol. The lowest BCUT2D eigenvalue weighted by atomic mass is 9.98. The zero-order valence-electron chi connectivity index (χ0n) is 18.1. The molecule has 3 N–H and O–H groups in total. The summed E-state index contributed by atoms with van der Waals surface area (Å²) in [6.45, 7) is 6.20. The van der Waals surface area contributed by atoms with Gasteiger partial charge in [-0.15, -0.1) is 0 Å². The first kappa shape index (κ1) is 23.3. The van der Waals surface area contributed by atoms with E-state index in [1.54, 1.807) is 47.6 Å². The largest absolute Gasteiger partial charge is 0.466 e. The monoisotopic (exact) mass is 448 g/mol. The second-order valence-electron chi connectivity index (χ2n) is 7.99. The molecule has 0 radical (unpaired) electrons. The van der Waals surface area contributed by atoms with E-state index in [1.165, 1.54) is 6.26 Å². The zero-order chi connectivity index (χ0) is 22.3. The van der Waals surface area contributed by atoms with Crippen LogP contribution in [-0.4, -0.2) is 56.5 Å². The highest BCUT2D eigenvalue weighted by atomic mass is 32.2. The number of furan rings is 1. The van der Waals surface area contributed by atoms with Crippen LogP contribution in [0.5, 0.6) is 0 Å². The Morgan fingerprint density at radius 3 is 2.52 bits per heavy atom. The molecule has 1 unspecified atom stereocenters. The molecule has 0 aliphatic carbocycles. The van der Waals surface area contributed by atoms with E-state index in [2.05, 4.69) is 15.6 Å². The third-order valence-electron chi connectivity index (χ3n) is 5.45. The molecule has 1 fully saturated rings. The van der Waals surface area contributed by atoms with Crippen molar-refractivity contribution in [3.63, 3.8) is 0 Å². The maximum absolute atomic E-state index is 12.8. The highest BCUT2D eigenvalue weighted by molar-refractivity contribution is 7.89. The Hall–Kier alpha value is -2.36. The van der Waals surface area contributed by atoms with E-state index in [4.69, 9.17) is 4.42 Å². The van der Waals surface area contributed by atoms with Gasteiger partial charge in [0.05, 0.1) is 17.7 Å². The molecule has 1 aliphatic heterocycles. The molecule has 170 valence electrons. The predicted octanol–water partition coefficient (Wildman–Crippen LogP) is 2.14. The van der Waals surface area contributed by atoms with E-state index < -0.39 is 15.6 Å². The number of guanidine groups is 1. The number of nitrogens with zero attached hydrogens (tertiary/aromatic N) is 2. The van der Waals surface area contributed by atoms with Crippen LogP contribution in [0.2, 0.25) is 0 Å². The molecule has 0 saturated carbocycles. The van der Waals surface area contributed by atoms with Crippen LogP contribution in [0.1, 0.15) is 32.4 Å². The Balaban J connectivity index is 1.52. The van der Waals surface area contributed by atoms with Gasteiger partial charge >= 0.3 is 0 Å². The molecule has 0 bridgehead atoms. The molecule has 1 atom stereocenters. The summed E-state index contributed by atoms with van der Waals surface area (Å²) in [5.41, 5.74) is -1.19. The number of aliphatic imine (C=N–C) groups is 1.